The molecule has 0 aliphatic heterocycles. The number of halogens is 1. The average Bonchev–Trinajstić information content (AvgIpc) is 3.18. The highest BCUT2D eigenvalue weighted by Crippen LogP contribution is 2.21. The standard InChI is InChI=1S/C23H16IN3O3S/c24-16-7-3-6-15(11-16)21(28)27-23(31)26-18-9-4-8-17(13-18)25-22(29)20-12-14-5-1-2-10-19(14)30-20/h1-13H,(H,25,29)(H2,26,27,28,31). The van der Waals surface area contributed by atoms with Crippen molar-refractivity contribution in [2.24, 2.45) is 0 Å². The Bertz CT molecular complexity index is 1270. The predicted molar refractivity (Wildman–Crippen MR) is 133 cm³/mol. The lowest BCUT2D eigenvalue weighted by Gasteiger charge is -2.11. The van der Waals surface area contributed by atoms with Crippen LogP contribution in [0.25, 0.3) is 11.0 Å². The molecule has 0 radical (unpaired) electrons. The number of para-hydroxylation sites is 1. The second-order valence-corrected chi connectivity index (χ2v) is 8.26. The Morgan fingerprint density at radius 1 is 0.806 bits per heavy atom. The Balaban J connectivity index is 1.40. The van der Waals surface area contributed by atoms with E-state index in [2.05, 4.69) is 38.5 Å². The van der Waals surface area contributed by atoms with E-state index in [9.17, 15) is 9.59 Å². The largest absolute Gasteiger partial charge is 0.451 e. The van der Waals surface area contributed by atoms with Gasteiger partial charge < -0.3 is 15.1 Å². The van der Waals surface area contributed by atoms with E-state index in [1.165, 1.54) is 0 Å². The van der Waals surface area contributed by atoms with Crippen molar-refractivity contribution in [3.63, 3.8) is 0 Å². The van der Waals surface area contributed by atoms with Crippen molar-refractivity contribution in [1.29, 1.82) is 0 Å². The van der Waals surface area contributed by atoms with Gasteiger partial charge in [0, 0.05) is 25.9 Å². The molecule has 31 heavy (non-hydrogen) atoms. The van der Waals surface area contributed by atoms with Gasteiger partial charge in [-0.1, -0.05) is 30.3 Å². The van der Waals surface area contributed by atoms with Crippen LogP contribution in [0.4, 0.5) is 11.4 Å². The lowest BCUT2D eigenvalue weighted by atomic mass is 10.2. The van der Waals surface area contributed by atoms with Gasteiger partial charge in [0.2, 0.25) is 0 Å². The summed E-state index contributed by atoms with van der Waals surface area (Å²) in [7, 11) is 0. The summed E-state index contributed by atoms with van der Waals surface area (Å²) in [5.41, 5.74) is 2.35. The van der Waals surface area contributed by atoms with Crippen LogP contribution in [0.3, 0.4) is 0 Å². The van der Waals surface area contributed by atoms with Gasteiger partial charge in [-0.15, -0.1) is 0 Å². The Kier molecular flexibility index (Phi) is 6.28. The van der Waals surface area contributed by atoms with E-state index >= 15 is 0 Å². The van der Waals surface area contributed by atoms with Crippen LogP contribution in [0.2, 0.25) is 0 Å². The zero-order valence-electron chi connectivity index (χ0n) is 16.0. The minimum absolute atomic E-state index is 0.157. The minimum Gasteiger partial charge on any atom is -0.451 e. The lowest BCUT2D eigenvalue weighted by molar-refractivity contribution is 0.0975. The van der Waals surface area contributed by atoms with Crippen LogP contribution < -0.4 is 16.0 Å². The molecule has 0 saturated heterocycles. The molecule has 3 N–H and O–H groups in total. The van der Waals surface area contributed by atoms with Crippen molar-refractivity contribution in [3.05, 3.63) is 93.8 Å². The number of fused-ring (bicyclic) bond motifs is 1. The fraction of sp³-hybridized carbons (Fsp3) is 0. The van der Waals surface area contributed by atoms with Crippen LogP contribution in [0.15, 0.2) is 83.3 Å². The first-order valence-corrected chi connectivity index (χ1v) is 10.7. The molecule has 8 heteroatoms. The van der Waals surface area contributed by atoms with Gasteiger partial charge in [0.1, 0.15) is 5.58 Å². The van der Waals surface area contributed by atoms with Crippen molar-refractivity contribution in [1.82, 2.24) is 5.32 Å². The molecule has 0 atom stereocenters. The molecule has 1 aromatic heterocycles. The van der Waals surface area contributed by atoms with Gasteiger partial charge in [-0.2, -0.15) is 0 Å². The van der Waals surface area contributed by atoms with E-state index in [1.807, 2.05) is 30.3 Å². The maximum Gasteiger partial charge on any atom is 0.291 e. The van der Waals surface area contributed by atoms with Gasteiger partial charge >= 0.3 is 0 Å². The number of thiocarbonyl (C=S) groups is 1. The summed E-state index contributed by atoms with van der Waals surface area (Å²) in [5, 5.41) is 9.42. The normalized spacial score (nSPS) is 10.5. The van der Waals surface area contributed by atoms with Gasteiger partial charge in [-0.05, 0) is 83.3 Å². The summed E-state index contributed by atoms with van der Waals surface area (Å²) in [5.74, 6) is -0.437. The monoisotopic (exact) mass is 541 g/mol. The third-order valence-electron chi connectivity index (χ3n) is 4.34. The topological polar surface area (TPSA) is 83.4 Å². The van der Waals surface area contributed by atoms with Crippen molar-refractivity contribution in [2.75, 3.05) is 10.6 Å². The summed E-state index contributed by atoms with van der Waals surface area (Å²) in [4.78, 5) is 24.9. The molecule has 3 aromatic carbocycles. The van der Waals surface area contributed by atoms with Crippen molar-refractivity contribution >= 4 is 74.1 Å². The molecule has 4 aromatic rings. The van der Waals surface area contributed by atoms with Gasteiger partial charge in [0.15, 0.2) is 10.9 Å². The number of carbonyl (C=O) groups excluding carboxylic acids is 2. The first-order valence-electron chi connectivity index (χ1n) is 9.26. The molecule has 0 fully saturated rings. The van der Waals surface area contributed by atoms with Gasteiger partial charge in [0.25, 0.3) is 11.8 Å². The number of rotatable bonds is 4. The zero-order chi connectivity index (χ0) is 21.8. The van der Waals surface area contributed by atoms with Gasteiger partial charge in [-0.25, -0.2) is 0 Å². The van der Waals surface area contributed by atoms with Crippen LogP contribution >= 0.6 is 34.8 Å². The quantitative estimate of drug-likeness (QED) is 0.238. The second-order valence-electron chi connectivity index (χ2n) is 6.60. The molecule has 1 heterocycles. The first-order chi connectivity index (χ1) is 15.0. The fourth-order valence-electron chi connectivity index (χ4n) is 2.93. The summed E-state index contributed by atoms with van der Waals surface area (Å²) >= 11 is 7.38. The van der Waals surface area contributed by atoms with E-state index in [4.69, 9.17) is 16.6 Å². The SMILES string of the molecule is O=C(NC(=S)Nc1cccc(NC(=O)c2cc3ccccc3o2)c1)c1cccc(I)c1. The second kappa shape index (κ2) is 9.27. The van der Waals surface area contributed by atoms with Crippen molar-refractivity contribution in [2.45, 2.75) is 0 Å². The lowest BCUT2D eigenvalue weighted by Crippen LogP contribution is -2.34. The Hall–Kier alpha value is -3.24. The maximum absolute atomic E-state index is 12.5. The van der Waals surface area contributed by atoms with Crippen LogP contribution in [0.5, 0.6) is 0 Å². The molecule has 0 unspecified atom stereocenters. The minimum atomic E-state index is -0.358. The third-order valence-corrected chi connectivity index (χ3v) is 5.22. The van der Waals surface area contributed by atoms with E-state index in [1.54, 1.807) is 48.5 Å². The summed E-state index contributed by atoms with van der Waals surface area (Å²) < 4.78 is 6.55. The summed E-state index contributed by atoms with van der Waals surface area (Å²) in [6, 6.07) is 23.3. The number of anilines is 2. The molecule has 0 spiro atoms. The molecule has 4 rings (SSSR count). The van der Waals surface area contributed by atoms with Gasteiger partial charge in [0.05, 0.1) is 0 Å². The van der Waals surface area contributed by atoms with Crippen molar-refractivity contribution < 1.29 is 14.0 Å². The van der Waals surface area contributed by atoms with Crippen LogP contribution in [-0.4, -0.2) is 16.9 Å². The Morgan fingerprint density at radius 3 is 2.32 bits per heavy atom. The summed E-state index contributed by atoms with van der Waals surface area (Å²) in [6.45, 7) is 0. The predicted octanol–water partition coefficient (Wildman–Crippen LogP) is 5.42. The van der Waals surface area contributed by atoms with Crippen LogP contribution in [0.1, 0.15) is 20.9 Å². The van der Waals surface area contributed by atoms with E-state index < -0.39 is 0 Å². The molecule has 0 aliphatic rings. The molecule has 2 amide bonds. The number of carbonyl (C=O) groups is 2. The molecule has 154 valence electrons. The highest BCUT2D eigenvalue weighted by Gasteiger charge is 2.13. The number of hydrogen-bond acceptors (Lipinski definition) is 4. The first kappa shape index (κ1) is 21.0. The number of furan rings is 1. The van der Waals surface area contributed by atoms with Gasteiger partial charge in [-0.3, -0.25) is 14.9 Å². The van der Waals surface area contributed by atoms with Crippen molar-refractivity contribution in [3.8, 4) is 0 Å². The maximum atomic E-state index is 12.5. The number of hydrogen-bond donors (Lipinski definition) is 3. The molecular weight excluding hydrogens is 525 g/mol. The molecule has 0 bridgehead atoms. The Labute approximate surface area is 197 Å². The molecule has 0 aliphatic carbocycles. The zero-order valence-corrected chi connectivity index (χ0v) is 19.0. The molecular formula is C23H16IN3O3S. The Morgan fingerprint density at radius 2 is 1.55 bits per heavy atom. The van der Waals surface area contributed by atoms with E-state index in [0.29, 0.717) is 22.5 Å². The smallest absolute Gasteiger partial charge is 0.291 e. The average molecular weight is 541 g/mol. The number of benzene rings is 3. The highest BCUT2D eigenvalue weighted by atomic mass is 127. The molecule has 0 saturated carbocycles. The third kappa shape index (κ3) is 5.28. The number of nitrogens with one attached hydrogen (secondary N) is 3. The highest BCUT2D eigenvalue weighted by molar-refractivity contribution is 14.1. The summed E-state index contributed by atoms with van der Waals surface area (Å²) in [6.07, 6.45) is 0. The van der Waals surface area contributed by atoms with Crippen LogP contribution in [0, 0.1) is 3.57 Å². The molecule has 6 nitrogen and oxygen atoms in total. The van der Waals surface area contributed by atoms with E-state index in [-0.39, 0.29) is 22.7 Å². The van der Waals surface area contributed by atoms with E-state index in [0.717, 1.165) is 8.96 Å². The number of amides is 2. The fourth-order valence-corrected chi connectivity index (χ4v) is 3.68. The van der Waals surface area contributed by atoms with Crippen LogP contribution in [-0.2, 0) is 0 Å².